The summed E-state index contributed by atoms with van der Waals surface area (Å²) >= 11 is 1.67. The van der Waals surface area contributed by atoms with Crippen LogP contribution in [0.25, 0.3) is 10.2 Å². The van der Waals surface area contributed by atoms with Crippen molar-refractivity contribution >= 4 is 32.6 Å². The van der Waals surface area contributed by atoms with Gasteiger partial charge in [0.1, 0.15) is 17.0 Å². The molecule has 4 rings (SSSR count). The maximum atomic E-state index is 12.5. The Morgan fingerprint density at radius 2 is 1.90 bits per heavy atom. The molecule has 0 unspecified atom stereocenters. The first-order valence-corrected chi connectivity index (χ1v) is 10.7. The number of ether oxygens (including phenoxy) is 2. The number of aromatic nitrogens is 1. The Morgan fingerprint density at radius 3 is 2.66 bits per heavy atom. The molecule has 1 amide bonds. The van der Waals surface area contributed by atoms with E-state index in [1.165, 1.54) is 0 Å². The molecule has 152 valence electrons. The maximum absolute atomic E-state index is 12.5. The molecule has 0 spiro atoms. The number of anilines is 1. The smallest absolute Gasteiger partial charge is 0.260 e. The predicted molar refractivity (Wildman–Crippen MR) is 116 cm³/mol. The van der Waals surface area contributed by atoms with Gasteiger partial charge in [-0.05, 0) is 43.7 Å². The molecule has 1 aromatic heterocycles. The van der Waals surface area contributed by atoms with Crippen LogP contribution in [0.15, 0.2) is 42.5 Å². The van der Waals surface area contributed by atoms with Crippen molar-refractivity contribution in [2.24, 2.45) is 0 Å². The highest BCUT2D eigenvalue weighted by Gasteiger charge is 2.24. The second-order valence-corrected chi connectivity index (χ2v) is 8.01. The summed E-state index contributed by atoms with van der Waals surface area (Å²) < 4.78 is 12.5. The van der Waals surface area contributed by atoms with E-state index in [9.17, 15) is 4.79 Å². The number of carbonyl (C=O) groups is 1. The normalized spacial score (nSPS) is 14.3. The molecule has 1 aliphatic heterocycles. The van der Waals surface area contributed by atoms with Gasteiger partial charge in [0.2, 0.25) is 0 Å². The zero-order valence-corrected chi connectivity index (χ0v) is 17.6. The molecule has 1 aliphatic rings. The summed E-state index contributed by atoms with van der Waals surface area (Å²) in [7, 11) is 0. The molecule has 2 aromatic carbocycles. The molecule has 7 heteroatoms. The molecule has 0 atom stereocenters. The van der Waals surface area contributed by atoms with Gasteiger partial charge in [-0.1, -0.05) is 29.5 Å². The highest BCUT2D eigenvalue weighted by molar-refractivity contribution is 7.22. The Bertz CT molecular complexity index is 996. The molecule has 0 bridgehead atoms. The molecule has 1 fully saturated rings. The van der Waals surface area contributed by atoms with E-state index in [4.69, 9.17) is 14.5 Å². The number of aryl methyl sites for hydroxylation is 1. The minimum atomic E-state index is 0.0223. The molecule has 3 aromatic rings. The number of hydrogen-bond donors (Lipinski definition) is 0. The lowest BCUT2D eigenvalue weighted by molar-refractivity contribution is -0.133. The number of rotatable bonds is 6. The second-order valence-electron chi connectivity index (χ2n) is 7.01. The van der Waals surface area contributed by atoms with Crippen LogP contribution >= 0.6 is 11.3 Å². The first-order chi connectivity index (χ1) is 14.1. The van der Waals surface area contributed by atoms with Crippen molar-refractivity contribution in [2.45, 2.75) is 13.8 Å². The Kier molecular flexibility index (Phi) is 5.85. The minimum absolute atomic E-state index is 0.0223. The molecule has 6 nitrogen and oxygen atoms in total. The van der Waals surface area contributed by atoms with Crippen LogP contribution in [0.1, 0.15) is 12.5 Å². The molecule has 0 radical (unpaired) electrons. The molecular weight excluding hydrogens is 386 g/mol. The Hall–Kier alpha value is -2.80. The van der Waals surface area contributed by atoms with Gasteiger partial charge in [-0.2, -0.15) is 0 Å². The number of nitrogens with zero attached hydrogens (tertiary/aromatic N) is 3. The summed E-state index contributed by atoms with van der Waals surface area (Å²) in [6.45, 7) is 7.55. The number of benzene rings is 2. The molecule has 1 saturated heterocycles. The van der Waals surface area contributed by atoms with E-state index in [-0.39, 0.29) is 12.5 Å². The van der Waals surface area contributed by atoms with Crippen LogP contribution in [-0.2, 0) is 4.79 Å². The Morgan fingerprint density at radius 1 is 1.10 bits per heavy atom. The van der Waals surface area contributed by atoms with Crippen molar-refractivity contribution in [1.82, 2.24) is 9.88 Å². The molecule has 0 saturated carbocycles. The monoisotopic (exact) mass is 411 g/mol. The molecule has 2 heterocycles. The van der Waals surface area contributed by atoms with Crippen molar-refractivity contribution in [3.8, 4) is 11.5 Å². The van der Waals surface area contributed by atoms with Crippen LogP contribution in [0.2, 0.25) is 0 Å². The summed E-state index contributed by atoms with van der Waals surface area (Å²) in [6.07, 6.45) is 0. The fourth-order valence-corrected chi connectivity index (χ4v) is 4.44. The quantitative estimate of drug-likeness (QED) is 0.619. The summed E-state index contributed by atoms with van der Waals surface area (Å²) in [6, 6.07) is 13.8. The largest absolute Gasteiger partial charge is 0.492 e. The third-order valence-corrected chi connectivity index (χ3v) is 6.01. The average molecular weight is 412 g/mol. The van der Waals surface area contributed by atoms with E-state index in [0.717, 1.165) is 45.5 Å². The van der Waals surface area contributed by atoms with Crippen molar-refractivity contribution < 1.29 is 14.3 Å². The molecule has 0 N–H and O–H groups in total. The summed E-state index contributed by atoms with van der Waals surface area (Å²) in [5.74, 6) is 1.58. The lowest BCUT2D eigenvalue weighted by Gasteiger charge is -2.34. The number of thiazole rings is 1. The summed E-state index contributed by atoms with van der Waals surface area (Å²) in [4.78, 5) is 21.4. The summed E-state index contributed by atoms with van der Waals surface area (Å²) in [5.41, 5.74) is 2.03. The van der Waals surface area contributed by atoms with E-state index in [1.807, 2.05) is 55.1 Å². The number of piperazine rings is 1. The van der Waals surface area contributed by atoms with E-state index in [2.05, 4.69) is 11.0 Å². The van der Waals surface area contributed by atoms with Crippen molar-refractivity contribution in [3.05, 3.63) is 48.0 Å². The third kappa shape index (κ3) is 4.45. The lowest BCUT2D eigenvalue weighted by Crippen LogP contribution is -2.50. The van der Waals surface area contributed by atoms with Gasteiger partial charge in [-0.3, -0.25) is 4.79 Å². The number of amides is 1. The first kappa shape index (κ1) is 19.5. The number of carbonyl (C=O) groups excluding carboxylic acids is 1. The van der Waals surface area contributed by atoms with E-state index in [0.29, 0.717) is 19.7 Å². The fraction of sp³-hybridized carbons (Fsp3) is 0.364. The molecular formula is C22H25N3O3S. The zero-order chi connectivity index (χ0) is 20.2. The average Bonchev–Trinajstić information content (AvgIpc) is 3.18. The second kappa shape index (κ2) is 8.69. The van der Waals surface area contributed by atoms with Crippen molar-refractivity contribution in [3.63, 3.8) is 0 Å². The van der Waals surface area contributed by atoms with Crippen molar-refractivity contribution in [2.75, 3.05) is 44.3 Å². The SMILES string of the molecule is CCOc1cccc2sc(N3CCN(C(=O)COc4cccc(C)c4)CC3)nc12. The van der Waals surface area contributed by atoms with Gasteiger partial charge >= 0.3 is 0 Å². The van der Waals surface area contributed by atoms with Gasteiger partial charge in [-0.25, -0.2) is 4.98 Å². The van der Waals surface area contributed by atoms with Gasteiger partial charge in [0.15, 0.2) is 11.7 Å². The van der Waals surface area contributed by atoms with E-state index in [1.54, 1.807) is 11.3 Å². The van der Waals surface area contributed by atoms with Gasteiger partial charge in [0.25, 0.3) is 5.91 Å². The number of hydrogen-bond acceptors (Lipinski definition) is 6. The predicted octanol–water partition coefficient (Wildman–Crippen LogP) is 3.73. The van der Waals surface area contributed by atoms with E-state index < -0.39 is 0 Å². The van der Waals surface area contributed by atoms with Gasteiger partial charge in [-0.15, -0.1) is 0 Å². The Balaban J connectivity index is 1.35. The van der Waals surface area contributed by atoms with Gasteiger partial charge < -0.3 is 19.3 Å². The number of fused-ring (bicyclic) bond motifs is 1. The minimum Gasteiger partial charge on any atom is -0.492 e. The van der Waals surface area contributed by atoms with Crippen molar-refractivity contribution in [1.29, 1.82) is 0 Å². The van der Waals surface area contributed by atoms with Crippen LogP contribution in [0.3, 0.4) is 0 Å². The fourth-order valence-electron chi connectivity index (χ4n) is 3.41. The third-order valence-electron chi connectivity index (χ3n) is 4.93. The van der Waals surface area contributed by atoms with Crippen LogP contribution < -0.4 is 14.4 Å². The van der Waals surface area contributed by atoms with E-state index >= 15 is 0 Å². The molecule has 29 heavy (non-hydrogen) atoms. The number of para-hydroxylation sites is 1. The van der Waals surface area contributed by atoms with Crippen LogP contribution in [-0.4, -0.2) is 55.2 Å². The standard InChI is InChI=1S/C22H25N3O3S/c1-3-27-18-8-5-9-19-21(18)23-22(29-19)25-12-10-24(11-13-25)20(26)15-28-17-7-4-6-16(2)14-17/h4-9,14H,3,10-13,15H2,1-2H3. The highest BCUT2D eigenvalue weighted by Crippen LogP contribution is 2.34. The topological polar surface area (TPSA) is 54.9 Å². The van der Waals surface area contributed by atoms with Crippen LogP contribution in [0.5, 0.6) is 11.5 Å². The molecule has 0 aliphatic carbocycles. The highest BCUT2D eigenvalue weighted by atomic mass is 32.1. The van der Waals surface area contributed by atoms with Crippen LogP contribution in [0.4, 0.5) is 5.13 Å². The van der Waals surface area contributed by atoms with Crippen LogP contribution in [0, 0.1) is 6.92 Å². The summed E-state index contributed by atoms with van der Waals surface area (Å²) in [5, 5.41) is 0.982. The van der Waals surface area contributed by atoms with Gasteiger partial charge in [0, 0.05) is 26.2 Å². The Labute approximate surface area is 174 Å². The maximum Gasteiger partial charge on any atom is 0.260 e. The zero-order valence-electron chi connectivity index (χ0n) is 16.8. The van der Waals surface area contributed by atoms with Gasteiger partial charge in [0.05, 0.1) is 11.3 Å². The first-order valence-electron chi connectivity index (χ1n) is 9.88. The lowest BCUT2D eigenvalue weighted by atomic mass is 10.2.